The van der Waals surface area contributed by atoms with Gasteiger partial charge in [-0.2, -0.15) is 0 Å². The molecule has 4 atom stereocenters. The lowest BCUT2D eigenvalue weighted by Crippen LogP contribution is -2.52. The first kappa shape index (κ1) is 17.9. The maximum Gasteiger partial charge on any atom is 0.320 e. The molecule has 1 aromatic carbocycles. The van der Waals surface area contributed by atoms with Crippen LogP contribution in [0.4, 0.5) is 0 Å². The Morgan fingerprint density at radius 2 is 2.00 bits per heavy atom. The van der Waals surface area contributed by atoms with Crippen LogP contribution in [-0.2, 0) is 16.0 Å². The average Bonchev–Trinajstić information content (AvgIpc) is 3.21. The molecule has 0 bridgehead atoms. The summed E-state index contributed by atoms with van der Waals surface area (Å²) in [6.07, 6.45) is 5.78. The van der Waals surface area contributed by atoms with E-state index in [1.807, 2.05) is 35.2 Å². The lowest BCUT2D eigenvalue weighted by atomic mass is 10.0. The Balaban J connectivity index is 1.55. The van der Waals surface area contributed by atoms with Crippen LogP contribution in [-0.4, -0.2) is 46.6 Å². The first-order valence-electron chi connectivity index (χ1n) is 9.39. The van der Waals surface area contributed by atoms with Crippen molar-refractivity contribution in [2.45, 2.75) is 63.6 Å². The maximum absolute atomic E-state index is 12.8. The molecule has 2 N–H and O–H groups in total. The molecule has 0 aromatic heterocycles. The van der Waals surface area contributed by atoms with Crippen molar-refractivity contribution in [1.82, 2.24) is 10.2 Å². The summed E-state index contributed by atoms with van der Waals surface area (Å²) in [4.78, 5) is 26.4. The minimum absolute atomic E-state index is 0.0559. The monoisotopic (exact) mass is 344 g/mol. The fraction of sp³-hybridized carbons (Fsp3) is 0.600. The fourth-order valence-corrected chi connectivity index (χ4v) is 4.36. The summed E-state index contributed by atoms with van der Waals surface area (Å²) in [7, 11) is 0. The molecule has 1 amide bonds. The Morgan fingerprint density at radius 3 is 2.72 bits per heavy atom. The first-order chi connectivity index (χ1) is 12.1. The van der Waals surface area contributed by atoms with Crippen molar-refractivity contribution in [1.29, 1.82) is 0 Å². The van der Waals surface area contributed by atoms with Crippen LogP contribution in [0.15, 0.2) is 30.3 Å². The molecule has 1 aliphatic carbocycles. The number of amides is 1. The van der Waals surface area contributed by atoms with Gasteiger partial charge < -0.3 is 10.0 Å². The molecule has 2 fully saturated rings. The number of rotatable bonds is 7. The highest BCUT2D eigenvalue weighted by Crippen LogP contribution is 2.37. The number of hydrogen-bond acceptors (Lipinski definition) is 3. The van der Waals surface area contributed by atoms with E-state index in [-0.39, 0.29) is 5.91 Å². The van der Waals surface area contributed by atoms with Crippen molar-refractivity contribution in [3.8, 4) is 0 Å². The van der Waals surface area contributed by atoms with E-state index in [1.165, 1.54) is 12.8 Å². The summed E-state index contributed by atoms with van der Waals surface area (Å²) in [5.74, 6) is -0.180. The molecular weight excluding hydrogens is 316 g/mol. The molecule has 1 saturated carbocycles. The summed E-state index contributed by atoms with van der Waals surface area (Å²) in [5, 5.41) is 12.6. The van der Waals surface area contributed by atoms with Crippen molar-refractivity contribution in [2.24, 2.45) is 5.92 Å². The number of likely N-dealkylation sites (tertiary alicyclic amines) is 1. The van der Waals surface area contributed by atoms with Crippen LogP contribution in [0, 0.1) is 5.92 Å². The molecule has 5 heteroatoms. The van der Waals surface area contributed by atoms with Crippen LogP contribution in [0.2, 0.25) is 0 Å². The smallest absolute Gasteiger partial charge is 0.320 e. The van der Waals surface area contributed by atoms with Gasteiger partial charge in [-0.1, -0.05) is 36.8 Å². The third-order valence-electron chi connectivity index (χ3n) is 5.73. The van der Waals surface area contributed by atoms with Gasteiger partial charge in [-0.25, -0.2) is 0 Å². The van der Waals surface area contributed by atoms with Crippen LogP contribution in [0.1, 0.15) is 44.6 Å². The zero-order valence-electron chi connectivity index (χ0n) is 14.9. The van der Waals surface area contributed by atoms with E-state index in [4.69, 9.17) is 0 Å². The highest BCUT2D eigenvalue weighted by atomic mass is 16.4. The number of hydrogen-bond donors (Lipinski definition) is 2. The van der Waals surface area contributed by atoms with Crippen LogP contribution >= 0.6 is 0 Å². The number of carboxylic acids is 1. The number of aryl methyl sites for hydroxylation is 1. The van der Waals surface area contributed by atoms with Crippen molar-refractivity contribution < 1.29 is 14.7 Å². The van der Waals surface area contributed by atoms with Gasteiger partial charge in [0.25, 0.3) is 0 Å². The minimum atomic E-state index is -0.893. The Bertz CT molecular complexity index is 604. The van der Waals surface area contributed by atoms with Gasteiger partial charge in [0.2, 0.25) is 5.91 Å². The highest BCUT2D eigenvalue weighted by molar-refractivity contribution is 5.83. The average molecular weight is 344 g/mol. The highest BCUT2D eigenvalue weighted by Gasteiger charge is 2.41. The Hall–Kier alpha value is -1.88. The predicted molar refractivity (Wildman–Crippen MR) is 96.2 cm³/mol. The molecule has 3 rings (SSSR count). The summed E-state index contributed by atoms with van der Waals surface area (Å²) in [5.41, 5.74) is 1.11. The normalized spacial score (nSPS) is 24.8. The second kappa shape index (κ2) is 8.00. The van der Waals surface area contributed by atoms with Crippen LogP contribution < -0.4 is 5.32 Å². The molecule has 25 heavy (non-hydrogen) atoms. The van der Waals surface area contributed by atoms with Gasteiger partial charge in [0.1, 0.15) is 6.04 Å². The fourth-order valence-electron chi connectivity index (χ4n) is 4.36. The largest absolute Gasteiger partial charge is 0.480 e. The standard InChI is InChI=1S/C20H28N2O3/c1-14(19(23)22-13-12-16-8-5-9-18(16)22)21-17(20(24)25)11-10-15-6-3-2-4-7-15/h2-4,6-7,14,16-18,21H,5,8-13H2,1H3,(H,24,25)/t14?,16?,17?,18-/m0/s1. The quantitative estimate of drug-likeness (QED) is 0.797. The number of carbonyl (C=O) groups excluding carboxylic acids is 1. The van der Waals surface area contributed by atoms with Crippen LogP contribution in [0.3, 0.4) is 0 Å². The number of aliphatic carboxylic acids is 1. The lowest BCUT2D eigenvalue weighted by molar-refractivity contribution is -0.140. The second-order valence-electron chi connectivity index (χ2n) is 7.38. The van der Waals surface area contributed by atoms with Gasteiger partial charge in [0, 0.05) is 12.6 Å². The number of benzene rings is 1. The molecule has 2 aliphatic rings. The van der Waals surface area contributed by atoms with E-state index in [2.05, 4.69) is 5.32 Å². The zero-order chi connectivity index (χ0) is 17.8. The number of nitrogens with one attached hydrogen (secondary N) is 1. The van der Waals surface area contributed by atoms with Crippen molar-refractivity contribution >= 4 is 11.9 Å². The maximum atomic E-state index is 12.8. The van der Waals surface area contributed by atoms with Gasteiger partial charge in [-0.3, -0.25) is 14.9 Å². The summed E-state index contributed by atoms with van der Waals surface area (Å²) >= 11 is 0. The zero-order valence-corrected chi connectivity index (χ0v) is 14.9. The van der Waals surface area contributed by atoms with Crippen molar-refractivity contribution in [3.05, 3.63) is 35.9 Å². The molecule has 1 saturated heterocycles. The number of nitrogens with zero attached hydrogens (tertiary/aromatic N) is 1. The van der Waals surface area contributed by atoms with Crippen molar-refractivity contribution in [2.75, 3.05) is 6.54 Å². The number of carbonyl (C=O) groups is 2. The molecule has 5 nitrogen and oxygen atoms in total. The molecule has 1 heterocycles. The van der Waals surface area contributed by atoms with E-state index < -0.39 is 18.1 Å². The predicted octanol–water partition coefficient (Wildman–Crippen LogP) is 2.45. The minimum Gasteiger partial charge on any atom is -0.480 e. The first-order valence-corrected chi connectivity index (χ1v) is 9.39. The second-order valence-corrected chi connectivity index (χ2v) is 7.38. The lowest BCUT2D eigenvalue weighted by Gasteiger charge is -2.28. The summed E-state index contributed by atoms with van der Waals surface area (Å²) in [6, 6.07) is 9.06. The summed E-state index contributed by atoms with van der Waals surface area (Å²) < 4.78 is 0. The topological polar surface area (TPSA) is 69.6 Å². The van der Waals surface area contributed by atoms with Gasteiger partial charge in [-0.15, -0.1) is 0 Å². The molecule has 136 valence electrons. The van der Waals surface area contributed by atoms with Gasteiger partial charge in [0.05, 0.1) is 6.04 Å². The molecule has 0 radical (unpaired) electrons. The van der Waals surface area contributed by atoms with Gasteiger partial charge in [0.15, 0.2) is 0 Å². The van der Waals surface area contributed by atoms with Crippen LogP contribution in [0.5, 0.6) is 0 Å². The Labute approximate surface area is 149 Å². The van der Waals surface area contributed by atoms with Gasteiger partial charge in [-0.05, 0) is 50.5 Å². The summed E-state index contributed by atoms with van der Waals surface area (Å²) in [6.45, 7) is 2.62. The molecule has 1 aromatic rings. The third kappa shape index (κ3) is 4.21. The van der Waals surface area contributed by atoms with E-state index in [1.54, 1.807) is 6.92 Å². The van der Waals surface area contributed by atoms with E-state index in [0.29, 0.717) is 24.8 Å². The number of carboxylic acid groups (broad SMARTS) is 1. The molecule has 3 unspecified atom stereocenters. The van der Waals surface area contributed by atoms with E-state index >= 15 is 0 Å². The Morgan fingerprint density at radius 1 is 1.24 bits per heavy atom. The van der Waals surface area contributed by atoms with Crippen LogP contribution in [0.25, 0.3) is 0 Å². The molecular formula is C20H28N2O3. The van der Waals surface area contributed by atoms with Gasteiger partial charge >= 0.3 is 5.97 Å². The SMILES string of the molecule is CC(NC(CCc1ccccc1)C(=O)O)C(=O)N1CCC2CCC[C@@H]21. The molecule has 1 aliphatic heterocycles. The Kier molecular flexibility index (Phi) is 5.74. The van der Waals surface area contributed by atoms with E-state index in [0.717, 1.165) is 24.9 Å². The number of fused-ring (bicyclic) bond motifs is 1. The van der Waals surface area contributed by atoms with E-state index in [9.17, 15) is 14.7 Å². The third-order valence-corrected chi connectivity index (χ3v) is 5.73. The van der Waals surface area contributed by atoms with Crippen molar-refractivity contribution in [3.63, 3.8) is 0 Å². The molecule has 0 spiro atoms.